The maximum atomic E-state index is 5.70. The first-order valence-electron chi connectivity index (χ1n) is 24.2. The Hall–Kier alpha value is -0.600. The van der Waals surface area contributed by atoms with Crippen LogP contribution in [0.5, 0.6) is 0 Å². The van der Waals surface area contributed by atoms with Crippen LogP contribution >= 0.6 is 0 Å². The fraction of sp³-hybridized carbons (Fsp3) is 1.00. The second-order valence-corrected chi connectivity index (χ2v) is 14.7. The fourth-order valence-corrected chi connectivity index (χ4v) is 5.80. The molecule has 0 saturated carbocycles. The van der Waals surface area contributed by atoms with Crippen LogP contribution in [0.25, 0.3) is 0 Å². The highest BCUT2D eigenvalue weighted by Gasteiger charge is 1.99. The minimum atomic E-state index is 0.509. The minimum absolute atomic E-state index is 0.509. The van der Waals surface area contributed by atoms with Crippen LogP contribution in [0.3, 0.4) is 0 Å². The standard InChI is InChI=1S/C46H95NO14/c1-2-3-4-5-6-7-8-9-10-11-12-13-14-15-16-17-19-48-21-23-50-25-27-52-29-31-54-33-35-56-37-39-58-41-43-60-45-46-61-44-42-59-40-38-57-36-34-55-32-30-53-28-26-51-24-22-49-20-18-47/h2-47H2,1H3. The highest BCUT2D eigenvalue weighted by atomic mass is 16.6. The van der Waals surface area contributed by atoms with Gasteiger partial charge in [0, 0.05) is 13.2 Å². The van der Waals surface area contributed by atoms with Crippen LogP contribution < -0.4 is 5.73 Å². The summed E-state index contributed by atoms with van der Waals surface area (Å²) in [6.45, 7) is 18.0. The molecule has 0 unspecified atom stereocenters. The van der Waals surface area contributed by atoms with Crippen molar-refractivity contribution < 1.29 is 66.3 Å². The number of rotatable bonds is 58. The molecule has 0 aromatic heterocycles. The SMILES string of the molecule is CCCCCCCCCCCCCCCCCCOCCOCCOCCOCCOCCOCCOCCOCCOCCOCCOCCOCCOCCOCCN. The van der Waals surface area contributed by atoms with Crippen LogP contribution in [0.1, 0.15) is 110 Å². The van der Waals surface area contributed by atoms with Gasteiger partial charge in [0.15, 0.2) is 0 Å². The molecule has 0 aliphatic carbocycles. The second-order valence-electron chi connectivity index (χ2n) is 14.7. The molecule has 61 heavy (non-hydrogen) atoms. The van der Waals surface area contributed by atoms with E-state index in [1.54, 1.807) is 0 Å². The summed E-state index contributed by atoms with van der Waals surface area (Å²) in [4.78, 5) is 0. The molecule has 0 amide bonds. The smallest absolute Gasteiger partial charge is 0.0701 e. The average Bonchev–Trinajstić information content (AvgIpc) is 3.27. The lowest BCUT2D eigenvalue weighted by molar-refractivity contribution is -0.0295. The zero-order chi connectivity index (χ0) is 43.7. The summed E-state index contributed by atoms with van der Waals surface area (Å²) in [5, 5.41) is 0. The number of ether oxygens (including phenoxy) is 14. The summed E-state index contributed by atoms with van der Waals surface area (Å²) in [6, 6.07) is 0. The highest BCUT2D eigenvalue weighted by Crippen LogP contribution is 2.13. The molecule has 0 spiro atoms. The largest absolute Gasteiger partial charge is 0.379 e. The van der Waals surface area contributed by atoms with E-state index in [4.69, 9.17) is 72.0 Å². The van der Waals surface area contributed by atoms with E-state index in [9.17, 15) is 0 Å². The van der Waals surface area contributed by atoms with Crippen LogP contribution in [0, 0.1) is 0 Å². The van der Waals surface area contributed by atoms with Gasteiger partial charge in [-0.2, -0.15) is 0 Å². The van der Waals surface area contributed by atoms with Gasteiger partial charge in [-0.3, -0.25) is 0 Å². The maximum absolute atomic E-state index is 5.70. The predicted octanol–water partition coefficient (Wildman–Crippen LogP) is 6.44. The molecular formula is C46H95NO14. The molecule has 15 nitrogen and oxygen atoms in total. The number of unbranched alkanes of at least 4 members (excludes halogenated alkanes) is 15. The Labute approximate surface area is 372 Å². The van der Waals surface area contributed by atoms with Crippen molar-refractivity contribution in [2.75, 3.05) is 192 Å². The van der Waals surface area contributed by atoms with E-state index >= 15 is 0 Å². The maximum Gasteiger partial charge on any atom is 0.0701 e. The van der Waals surface area contributed by atoms with Crippen molar-refractivity contribution in [3.8, 4) is 0 Å². The van der Waals surface area contributed by atoms with E-state index in [0.717, 1.165) is 13.0 Å². The topological polar surface area (TPSA) is 155 Å². The fourth-order valence-electron chi connectivity index (χ4n) is 5.80. The lowest BCUT2D eigenvalue weighted by atomic mass is 10.0. The normalized spacial score (nSPS) is 11.7. The molecule has 368 valence electrons. The summed E-state index contributed by atoms with van der Waals surface area (Å²) >= 11 is 0. The molecular weight excluding hydrogens is 790 g/mol. The highest BCUT2D eigenvalue weighted by molar-refractivity contribution is 4.50. The van der Waals surface area contributed by atoms with Gasteiger partial charge in [-0.1, -0.05) is 103 Å². The Morgan fingerprint density at radius 1 is 0.180 bits per heavy atom. The molecule has 0 aromatic carbocycles. The Balaban J connectivity index is 3.06. The molecule has 0 aliphatic heterocycles. The monoisotopic (exact) mass is 886 g/mol. The van der Waals surface area contributed by atoms with E-state index in [1.807, 2.05) is 0 Å². The molecule has 0 fully saturated rings. The minimum Gasteiger partial charge on any atom is -0.379 e. The Morgan fingerprint density at radius 2 is 0.328 bits per heavy atom. The van der Waals surface area contributed by atoms with Gasteiger partial charge in [0.2, 0.25) is 0 Å². The van der Waals surface area contributed by atoms with Crippen LogP contribution in [-0.2, 0) is 66.3 Å². The Bertz CT molecular complexity index is 691. The molecule has 0 aliphatic rings. The third kappa shape index (κ3) is 59.4. The first kappa shape index (κ1) is 60.4. The van der Waals surface area contributed by atoms with E-state index in [1.165, 1.54) is 96.3 Å². The zero-order valence-corrected chi connectivity index (χ0v) is 39.1. The second kappa shape index (κ2) is 59.4. The molecule has 0 atom stereocenters. The van der Waals surface area contributed by atoms with Gasteiger partial charge >= 0.3 is 0 Å². The van der Waals surface area contributed by atoms with Crippen molar-refractivity contribution in [3.05, 3.63) is 0 Å². The number of hydrogen-bond donors (Lipinski definition) is 1. The van der Waals surface area contributed by atoms with Crippen molar-refractivity contribution in [2.45, 2.75) is 110 Å². The zero-order valence-electron chi connectivity index (χ0n) is 39.1. The van der Waals surface area contributed by atoms with E-state index in [-0.39, 0.29) is 0 Å². The van der Waals surface area contributed by atoms with Crippen molar-refractivity contribution in [2.24, 2.45) is 5.73 Å². The third-order valence-electron chi connectivity index (χ3n) is 9.24. The van der Waals surface area contributed by atoms with Crippen LogP contribution in [0.2, 0.25) is 0 Å². The van der Waals surface area contributed by atoms with Crippen molar-refractivity contribution in [3.63, 3.8) is 0 Å². The summed E-state index contributed by atoms with van der Waals surface area (Å²) < 4.78 is 77.0. The molecule has 0 aromatic rings. The molecule has 2 N–H and O–H groups in total. The first-order valence-corrected chi connectivity index (χ1v) is 24.2. The molecule has 0 saturated heterocycles. The van der Waals surface area contributed by atoms with Crippen LogP contribution in [0.15, 0.2) is 0 Å². The number of hydrogen-bond acceptors (Lipinski definition) is 15. The van der Waals surface area contributed by atoms with Crippen LogP contribution in [0.4, 0.5) is 0 Å². The molecule has 0 bridgehead atoms. The van der Waals surface area contributed by atoms with E-state index in [0.29, 0.717) is 185 Å². The molecule has 0 heterocycles. The molecule has 0 rings (SSSR count). The van der Waals surface area contributed by atoms with Gasteiger partial charge < -0.3 is 72.0 Å². The summed E-state index contributed by atoms with van der Waals surface area (Å²) in [6.07, 6.45) is 22.2. The van der Waals surface area contributed by atoms with Crippen LogP contribution in [-0.4, -0.2) is 192 Å². The van der Waals surface area contributed by atoms with Gasteiger partial charge in [-0.25, -0.2) is 0 Å². The van der Waals surface area contributed by atoms with Gasteiger partial charge in [0.05, 0.1) is 178 Å². The summed E-state index contributed by atoms with van der Waals surface area (Å²) in [5.74, 6) is 0. The van der Waals surface area contributed by atoms with Crippen molar-refractivity contribution in [1.82, 2.24) is 0 Å². The third-order valence-corrected chi connectivity index (χ3v) is 9.24. The Morgan fingerprint density at radius 3 is 0.508 bits per heavy atom. The summed E-state index contributed by atoms with van der Waals surface area (Å²) in [7, 11) is 0. The predicted molar refractivity (Wildman–Crippen MR) is 240 cm³/mol. The average molecular weight is 886 g/mol. The first-order chi connectivity index (χ1) is 30.4. The van der Waals surface area contributed by atoms with Gasteiger partial charge in [0.25, 0.3) is 0 Å². The van der Waals surface area contributed by atoms with E-state index in [2.05, 4.69) is 6.92 Å². The lowest BCUT2D eigenvalue weighted by Crippen LogP contribution is -2.16. The number of nitrogens with two attached hydrogens (primary N) is 1. The molecule has 15 heteroatoms. The Kier molecular flexibility index (Phi) is 58.8. The molecule has 0 radical (unpaired) electrons. The van der Waals surface area contributed by atoms with Gasteiger partial charge in [-0.15, -0.1) is 0 Å². The van der Waals surface area contributed by atoms with Crippen molar-refractivity contribution >= 4 is 0 Å². The lowest BCUT2D eigenvalue weighted by Gasteiger charge is -2.09. The van der Waals surface area contributed by atoms with Crippen molar-refractivity contribution in [1.29, 1.82) is 0 Å². The van der Waals surface area contributed by atoms with Gasteiger partial charge in [0.1, 0.15) is 0 Å². The summed E-state index contributed by atoms with van der Waals surface area (Å²) in [5.41, 5.74) is 5.34. The van der Waals surface area contributed by atoms with E-state index < -0.39 is 0 Å². The van der Waals surface area contributed by atoms with Gasteiger partial charge in [-0.05, 0) is 6.42 Å². The quantitative estimate of drug-likeness (QED) is 0.0666.